The largest absolute Gasteiger partial charge is 0.326 e. The molecule has 1 atom stereocenters. The summed E-state index contributed by atoms with van der Waals surface area (Å²) >= 11 is 3.46. The minimum Gasteiger partial charge on any atom is -0.326 e. The molecule has 1 unspecified atom stereocenters. The summed E-state index contributed by atoms with van der Waals surface area (Å²) in [6, 6.07) is 8.54. The minimum absolute atomic E-state index is 0.250. The van der Waals surface area contributed by atoms with Crippen LogP contribution in [0, 0.1) is 6.92 Å². The Morgan fingerprint density at radius 1 is 1.33 bits per heavy atom. The molecule has 0 amide bonds. The standard InChI is InChI=1S/C14H16BrN3/c1-9-13-7-6-12(16)8-18(13)14(17-9)10-2-4-11(15)5-3-10/h2-5,12H,6-8,16H2,1H3. The molecule has 0 bridgehead atoms. The number of nitrogens with two attached hydrogens (primary N) is 1. The van der Waals surface area contributed by atoms with Gasteiger partial charge in [-0.3, -0.25) is 0 Å². The lowest BCUT2D eigenvalue weighted by molar-refractivity contribution is 0.462. The SMILES string of the molecule is Cc1nc(-c2ccc(Br)cc2)n2c1CCC(N)C2. The van der Waals surface area contributed by atoms with Gasteiger partial charge < -0.3 is 10.3 Å². The molecule has 0 saturated carbocycles. The number of hydrogen-bond acceptors (Lipinski definition) is 2. The highest BCUT2D eigenvalue weighted by Gasteiger charge is 2.22. The number of halogens is 1. The van der Waals surface area contributed by atoms with Crippen molar-refractivity contribution in [3.8, 4) is 11.4 Å². The number of hydrogen-bond donors (Lipinski definition) is 1. The van der Waals surface area contributed by atoms with E-state index in [4.69, 9.17) is 10.7 Å². The molecule has 94 valence electrons. The van der Waals surface area contributed by atoms with Gasteiger partial charge in [-0.2, -0.15) is 0 Å². The predicted octanol–water partition coefficient (Wildman–Crippen LogP) is 2.89. The van der Waals surface area contributed by atoms with Crippen LogP contribution in [-0.2, 0) is 13.0 Å². The topological polar surface area (TPSA) is 43.8 Å². The third-order valence-corrected chi connectivity index (χ3v) is 4.07. The first-order chi connectivity index (χ1) is 8.65. The minimum atomic E-state index is 0.250. The summed E-state index contributed by atoms with van der Waals surface area (Å²) in [5.74, 6) is 1.05. The summed E-state index contributed by atoms with van der Waals surface area (Å²) in [6.45, 7) is 2.96. The van der Waals surface area contributed by atoms with Gasteiger partial charge in [0.2, 0.25) is 0 Å². The highest BCUT2D eigenvalue weighted by atomic mass is 79.9. The van der Waals surface area contributed by atoms with Crippen LogP contribution in [0.25, 0.3) is 11.4 Å². The van der Waals surface area contributed by atoms with Gasteiger partial charge in [0.15, 0.2) is 0 Å². The zero-order chi connectivity index (χ0) is 12.7. The number of aryl methyl sites for hydroxylation is 1. The first kappa shape index (κ1) is 11.9. The highest BCUT2D eigenvalue weighted by molar-refractivity contribution is 9.10. The number of nitrogens with zero attached hydrogens (tertiary/aromatic N) is 2. The summed E-state index contributed by atoms with van der Waals surface area (Å²) in [6.07, 6.45) is 2.10. The third kappa shape index (κ3) is 1.99. The molecule has 1 aromatic heterocycles. The van der Waals surface area contributed by atoms with Crippen LogP contribution in [-0.4, -0.2) is 15.6 Å². The molecular weight excluding hydrogens is 290 g/mol. The maximum atomic E-state index is 6.07. The van der Waals surface area contributed by atoms with Crippen molar-refractivity contribution < 1.29 is 0 Å². The second-order valence-corrected chi connectivity index (χ2v) is 5.80. The molecule has 2 N–H and O–H groups in total. The Labute approximate surface area is 115 Å². The van der Waals surface area contributed by atoms with Crippen LogP contribution in [0.5, 0.6) is 0 Å². The van der Waals surface area contributed by atoms with E-state index in [0.29, 0.717) is 0 Å². The Hall–Kier alpha value is -1.13. The summed E-state index contributed by atoms with van der Waals surface area (Å²) in [7, 11) is 0. The summed E-state index contributed by atoms with van der Waals surface area (Å²) < 4.78 is 3.37. The second-order valence-electron chi connectivity index (χ2n) is 4.88. The fraction of sp³-hybridized carbons (Fsp3) is 0.357. The molecule has 2 heterocycles. The Morgan fingerprint density at radius 2 is 2.06 bits per heavy atom. The molecule has 0 aliphatic carbocycles. The Bertz CT molecular complexity index is 571. The Morgan fingerprint density at radius 3 is 2.78 bits per heavy atom. The van der Waals surface area contributed by atoms with Crippen molar-refractivity contribution >= 4 is 15.9 Å². The maximum Gasteiger partial charge on any atom is 0.140 e. The Balaban J connectivity index is 2.10. The molecule has 1 aliphatic heterocycles. The molecule has 1 aliphatic rings. The van der Waals surface area contributed by atoms with Gasteiger partial charge in [0, 0.05) is 28.3 Å². The summed E-state index contributed by atoms with van der Waals surface area (Å²) in [4.78, 5) is 4.72. The lowest BCUT2D eigenvalue weighted by Gasteiger charge is -2.22. The number of fused-ring (bicyclic) bond motifs is 1. The fourth-order valence-corrected chi connectivity index (χ4v) is 2.85. The number of aromatic nitrogens is 2. The van der Waals surface area contributed by atoms with Crippen LogP contribution in [0.15, 0.2) is 28.7 Å². The van der Waals surface area contributed by atoms with Crippen LogP contribution in [0.3, 0.4) is 0 Å². The number of imidazole rings is 1. The van der Waals surface area contributed by atoms with E-state index in [2.05, 4.69) is 51.7 Å². The van der Waals surface area contributed by atoms with Gasteiger partial charge in [0.05, 0.1) is 5.69 Å². The zero-order valence-corrected chi connectivity index (χ0v) is 11.9. The maximum absolute atomic E-state index is 6.07. The first-order valence-electron chi connectivity index (χ1n) is 6.22. The van der Waals surface area contributed by atoms with E-state index < -0.39 is 0 Å². The van der Waals surface area contributed by atoms with Crippen LogP contribution >= 0.6 is 15.9 Å². The molecule has 0 spiro atoms. The average Bonchev–Trinajstić information content (AvgIpc) is 2.67. The normalized spacial score (nSPS) is 18.7. The van der Waals surface area contributed by atoms with Crippen molar-refractivity contribution in [2.45, 2.75) is 32.4 Å². The molecule has 2 aromatic rings. The van der Waals surface area contributed by atoms with E-state index in [-0.39, 0.29) is 6.04 Å². The number of rotatable bonds is 1. The van der Waals surface area contributed by atoms with Gasteiger partial charge in [-0.05, 0) is 31.9 Å². The van der Waals surface area contributed by atoms with Gasteiger partial charge in [-0.25, -0.2) is 4.98 Å². The van der Waals surface area contributed by atoms with E-state index in [9.17, 15) is 0 Å². The van der Waals surface area contributed by atoms with Gasteiger partial charge >= 0.3 is 0 Å². The molecule has 1 aromatic carbocycles. The van der Waals surface area contributed by atoms with E-state index in [1.807, 2.05) is 0 Å². The summed E-state index contributed by atoms with van der Waals surface area (Å²) in [5.41, 5.74) is 9.71. The zero-order valence-electron chi connectivity index (χ0n) is 10.4. The quantitative estimate of drug-likeness (QED) is 0.880. The molecule has 0 saturated heterocycles. The van der Waals surface area contributed by atoms with Crippen molar-refractivity contribution in [2.75, 3.05) is 0 Å². The van der Waals surface area contributed by atoms with Crippen LogP contribution in [0.1, 0.15) is 17.8 Å². The molecule has 3 nitrogen and oxygen atoms in total. The van der Waals surface area contributed by atoms with Crippen LogP contribution < -0.4 is 5.73 Å². The second kappa shape index (κ2) is 4.52. The molecule has 18 heavy (non-hydrogen) atoms. The highest BCUT2D eigenvalue weighted by Crippen LogP contribution is 2.27. The van der Waals surface area contributed by atoms with Crippen molar-refractivity contribution in [3.05, 3.63) is 40.1 Å². The van der Waals surface area contributed by atoms with E-state index in [1.54, 1.807) is 0 Å². The van der Waals surface area contributed by atoms with Gasteiger partial charge in [0.1, 0.15) is 5.82 Å². The van der Waals surface area contributed by atoms with Crippen molar-refractivity contribution in [1.29, 1.82) is 0 Å². The van der Waals surface area contributed by atoms with Crippen molar-refractivity contribution in [1.82, 2.24) is 9.55 Å². The average molecular weight is 306 g/mol. The van der Waals surface area contributed by atoms with Crippen LogP contribution in [0.2, 0.25) is 0 Å². The fourth-order valence-electron chi connectivity index (χ4n) is 2.59. The van der Waals surface area contributed by atoms with E-state index in [1.165, 1.54) is 5.69 Å². The lowest BCUT2D eigenvalue weighted by atomic mass is 10.0. The van der Waals surface area contributed by atoms with Gasteiger partial charge in [-0.1, -0.05) is 28.1 Å². The predicted molar refractivity (Wildman–Crippen MR) is 76.4 cm³/mol. The summed E-state index contributed by atoms with van der Waals surface area (Å²) in [5, 5.41) is 0. The monoisotopic (exact) mass is 305 g/mol. The molecule has 0 radical (unpaired) electrons. The van der Waals surface area contributed by atoms with Crippen molar-refractivity contribution in [3.63, 3.8) is 0 Å². The molecule has 0 fully saturated rings. The van der Waals surface area contributed by atoms with Crippen molar-refractivity contribution in [2.24, 2.45) is 5.73 Å². The molecular formula is C14H16BrN3. The van der Waals surface area contributed by atoms with Gasteiger partial charge in [-0.15, -0.1) is 0 Å². The molecule has 4 heteroatoms. The first-order valence-corrected chi connectivity index (χ1v) is 7.02. The van der Waals surface area contributed by atoms with Crippen LogP contribution in [0.4, 0.5) is 0 Å². The smallest absolute Gasteiger partial charge is 0.140 e. The third-order valence-electron chi connectivity index (χ3n) is 3.54. The lowest BCUT2D eigenvalue weighted by Crippen LogP contribution is -2.32. The number of benzene rings is 1. The van der Waals surface area contributed by atoms with E-state index >= 15 is 0 Å². The van der Waals surface area contributed by atoms with Gasteiger partial charge in [0.25, 0.3) is 0 Å². The molecule has 3 rings (SSSR count). The van der Waals surface area contributed by atoms with E-state index in [0.717, 1.165) is 40.9 Å². The Kier molecular flexibility index (Phi) is 2.99.